The topological polar surface area (TPSA) is 48.1 Å². The molecule has 1 heterocycles. The van der Waals surface area contributed by atoms with Gasteiger partial charge in [-0.05, 0) is 39.3 Å². The van der Waals surface area contributed by atoms with E-state index in [0.717, 1.165) is 24.3 Å². The minimum Gasteiger partial charge on any atom is -0.475 e. The average Bonchev–Trinajstić information content (AvgIpc) is 2.16. The summed E-state index contributed by atoms with van der Waals surface area (Å²) in [5, 5.41) is 0. The fourth-order valence-corrected chi connectivity index (χ4v) is 1.24. The Morgan fingerprint density at radius 2 is 2.29 bits per heavy atom. The second-order valence-electron chi connectivity index (χ2n) is 3.53. The van der Waals surface area contributed by atoms with E-state index in [4.69, 9.17) is 10.5 Å². The molecule has 0 aliphatic carbocycles. The summed E-state index contributed by atoms with van der Waals surface area (Å²) in [4.78, 5) is 4.21. The van der Waals surface area contributed by atoms with E-state index in [2.05, 4.69) is 4.98 Å². The Kier molecular flexibility index (Phi) is 4.40. The number of rotatable bonds is 5. The maximum Gasteiger partial charge on any atom is 0.216 e. The number of aromatic nitrogens is 1. The van der Waals surface area contributed by atoms with Gasteiger partial charge in [0.2, 0.25) is 5.88 Å². The van der Waals surface area contributed by atoms with Gasteiger partial charge in [0, 0.05) is 11.8 Å². The molecule has 0 bridgehead atoms. The normalized spacial score (nSPS) is 10.6. The molecule has 0 saturated carbocycles. The van der Waals surface area contributed by atoms with Crippen LogP contribution in [0.2, 0.25) is 0 Å². The van der Waals surface area contributed by atoms with Gasteiger partial charge in [0.25, 0.3) is 0 Å². The standard InChI is InChI=1S/C11H18N2O/c1-9(2)14-11-10(5-3-7-12)6-4-8-13-11/h4,6,8-9H,3,5,7,12H2,1-2H3. The summed E-state index contributed by atoms with van der Waals surface area (Å²) in [6.45, 7) is 4.71. The third-order valence-electron chi connectivity index (χ3n) is 1.85. The summed E-state index contributed by atoms with van der Waals surface area (Å²) in [7, 11) is 0. The van der Waals surface area contributed by atoms with E-state index in [1.807, 2.05) is 26.0 Å². The van der Waals surface area contributed by atoms with Crippen LogP contribution in [0.25, 0.3) is 0 Å². The lowest BCUT2D eigenvalue weighted by molar-refractivity contribution is 0.230. The van der Waals surface area contributed by atoms with Crippen LogP contribution in [-0.2, 0) is 6.42 Å². The summed E-state index contributed by atoms with van der Waals surface area (Å²) in [5.41, 5.74) is 6.61. The van der Waals surface area contributed by atoms with Crippen LogP contribution >= 0.6 is 0 Å². The Hall–Kier alpha value is -1.09. The van der Waals surface area contributed by atoms with Gasteiger partial charge in [-0.3, -0.25) is 0 Å². The van der Waals surface area contributed by atoms with Crippen LogP contribution in [0.4, 0.5) is 0 Å². The first kappa shape index (κ1) is 11.0. The summed E-state index contributed by atoms with van der Waals surface area (Å²) < 4.78 is 5.59. The molecule has 1 aromatic rings. The first-order valence-electron chi connectivity index (χ1n) is 5.04. The lowest BCUT2D eigenvalue weighted by atomic mass is 10.1. The van der Waals surface area contributed by atoms with Crippen molar-refractivity contribution in [2.75, 3.05) is 6.54 Å². The van der Waals surface area contributed by atoms with Crippen molar-refractivity contribution in [3.05, 3.63) is 23.9 Å². The van der Waals surface area contributed by atoms with Crippen molar-refractivity contribution in [2.45, 2.75) is 32.8 Å². The summed E-state index contributed by atoms with van der Waals surface area (Å²) in [6, 6.07) is 3.97. The third-order valence-corrected chi connectivity index (χ3v) is 1.85. The second kappa shape index (κ2) is 5.60. The van der Waals surface area contributed by atoms with Crippen LogP contribution in [0.3, 0.4) is 0 Å². The van der Waals surface area contributed by atoms with E-state index >= 15 is 0 Å². The number of hydrogen-bond acceptors (Lipinski definition) is 3. The number of hydrogen-bond donors (Lipinski definition) is 1. The van der Waals surface area contributed by atoms with E-state index in [-0.39, 0.29) is 6.10 Å². The molecule has 1 rings (SSSR count). The smallest absolute Gasteiger partial charge is 0.216 e. The van der Waals surface area contributed by atoms with Crippen LogP contribution < -0.4 is 10.5 Å². The number of ether oxygens (including phenoxy) is 1. The van der Waals surface area contributed by atoms with E-state index < -0.39 is 0 Å². The van der Waals surface area contributed by atoms with Gasteiger partial charge in [0.15, 0.2) is 0 Å². The summed E-state index contributed by atoms with van der Waals surface area (Å²) >= 11 is 0. The van der Waals surface area contributed by atoms with E-state index in [0.29, 0.717) is 6.54 Å². The van der Waals surface area contributed by atoms with Crippen LogP contribution in [0, 0.1) is 0 Å². The van der Waals surface area contributed by atoms with Crippen molar-refractivity contribution in [1.82, 2.24) is 4.98 Å². The number of aryl methyl sites for hydroxylation is 1. The number of nitrogens with two attached hydrogens (primary N) is 1. The molecule has 1 aromatic heterocycles. The van der Waals surface area contributed by atoms with Gasteiger partial charge in [-0.1, -0.05) is 6.07 Å². The summed E-state index contributed by atoms with van der Waals surface area (Å²) in [6.07, 6.45) is 3.83. The zero-order chi connectivity index (χ0) is 10.4. The first-order valence-corrected chi connectivity index (χ1v) is 5.04. The molecule has 0 fully saturated rings. The molecule has 3 nitrogen and oxygen atoms in total. The Morgan fingerprint density at radius 1 is 1.50 bits per heavy atom. The van der Waals surface area contributed by atoms with Crippen LogP contribution in [0.5, 0.6) is 5.88 Å². The van der Waals surface area contributed by atoms with Crippen LogP contribution in [0.15, 0.2) is 18.3 Å². The molecule has 0 unspecified atom stereocenters. The first-order chi connectivity index (χ1) is 6.74. The van der Waals surface area contributed by atoms with Gasteiger partial charge in [0.1, 0.15) is 0 Å². The molecule has 0 aromatic carbocycles. The largest absolute Gasteiger partial charge is 0.475 e. The minimum absolute atomic E-state index is 0.168. The van der Waals surface area contributed by atoms with Crippen molar-refractivity contribution in [3.8, 4) is 5.88 Å². The lowest BCUT2D eigenvalue weighted by Gasteiger charge is -2.12. The van der Waals surface area contributed by atoms with E-state index in [9.17, 15) is 0 Å². The molecule has 0 saturated heterocycles. The molecule has 78 valence electrons. The van der Waals surface area contributed by atoms with E-state index in [1.54, 1.807) is 6.20 Å². The number of pyridine rings is 1. The maximum absolute atomic E-state index is 5.59. The lowest BCUT2D eigenvalue weighted by Crippen LogP contribution is -2.09. The molecule has 2 N–H and O–H groups in total. The van der Waals surface area contributed by atoms with Gasteiger partial charge in [-0.25, -0.2) is 4.98 Å². The van der Waals surface area contributed by atoms with Gasteiger partial charge < -0.3 is 10.5 Å². The molecular weight excluding hydrogens is 176 g/mol. The molecular formula is C11H18N2O. The van der Waals surface area contributed by atoms with Crippen molar-refractivity contribution in [1.29, 1.82) is 0 Å². The van der Waals surface area contributed by atoms with Gasteiger partial charge in [-0.15, -0.1) is 0 Å². The zero-order valence-electron chi connectivity index (χ0n) is 8.86. The number of nitrogens with zero attached hydrogens (tertiary/aromatic N) is 1. The molecule has 14 heavy (non-hydrogen) atoms. The molecule has 0 amide bonds. The highest BCUT2D eigenvalue weighted by molar-refractivity contribution is 5.25. The molecule has 3 heteroatoms. The average molecular weight is 194 g/mol. The minimum atomic E-state index is 0.168. The molecule has 0 radical (unpaired) electrons. The van der Waals surface area contributed by atoms with Crippen molar-refractivity contribution >= 4 is 0 Å². The van der Waals surface area contributed by atoms with Crippen LogP contribution in [-0.4, -0.2) is 17.6 Å². The molecule has 0 aliphatic rings. The van der Waals surface area contributed by atoms with E-state index in [1.165, 1.54) is 0 Å². The van der Waals surface area contributed by atoms with Gasteiger partial charge >= 0.3 is 0 Å². The predicted molar refractivity (Wildman–Crippen MR) is 57.4 cm³/mol. The molecule has 0 aliphatic heterocycles. The van der Waals surface area contributed by atoms with Crippen molar-refractivity contribution in [3.63, 3.8) is 0 Å². The summed E-state index contributed by atoms with van der Waals surface area (Å²) in [5.74, 6) is 0.746. The SMILES string of the molecule is CC(C)Oc1ncccc1CCCN. The predicted octanol–water partition coefficient (Wildman–Crippen LogP) is 1.76. The Balaban J connectivity index is 2.69. The Bertz CT molecular complexity index is 274. The quantitative estimate of drug-likeness (QED) is 0.777. The fraction of sp³-hybridized carbons (Fsp3) is 0.545. The van der Waals surface area contributed by atoms with Crippen molar-refractivity contribution in [2.24, 2.45) is 5.73 Å². The zero-order valence-corrected chi connectivity index (χ0v) is 8.86. The highest BCUT2D eigenvalue weighted by Crippen LogP contribution is 2.17. The molecule has 0 atom stereocenters. The highest BCUT2D eigenvalue weighted by Gasteiger charge is 2.05. The fourth-order valence-electron chi connectivity index (χ4n) is 1.24. The molecule has 0 spiro atoms. The monoisotopic (exact) mass is 194 g/mol. The Morgan fingerprint density at radius 3 is 2.93 bits per heavy atom. The van der Waals surface area contributed by atoms with Gasteiger partial charge in [0.05, 0.1) is 6.10 Å². The van der Waals surface area contributed by atoms with Crippen molar-refractivity contribution < 1.29 is 4.74 Å². The second-order valence-corrected chi connectivity index (χ2v) is 3.53. The maximum atomic E-state index is 5.59. The Labute approximate surface area is 85.3 Å². The highest BCUT2D eigenvalue weighted by atomic mass is 16.5. The third kappa shape index (κ3) is 3.34. The van der Waals surface area contributed by atoms with Crippen LogP contribution in [0.1, 0.15) is 25.8 Å². The van der Waals surface area contributed by atoms with Gasteiger partial charge in [-0.2, -0.15) is 0 Å².